The Balaban J connectivity index is 1.49. The second kappa shape index (κ2) is 9.32. The predicted molar refractivity (Wildman–Crippen MR) is 125 cm³/mol. The van der Waals surface area contributed by atoms with E-state index >= 15 is 0 Å². The van der Waals surface area contributed by atoms with Crippen molar-refractivity contribution >= 4 is 27.3 Å². The molecule has 1 N–H and O–H groups in total. The number of ether oxygens (including phenoxy) is 1. The van der Waals surface area contributed by atoms with Gasteiger partial charge in [-0.3, -0.25) is 9.52 Å². The zero-order chi connectivity index (χ0) is 22.6. The molecule has 1 heterocycles. The highest BCUT2D eigenvalue weighted by molar-refractivity contribution is 7.92. The van der Waals surface area contributed by atoms with E-state index in [0.29, 0.717) is 31.7 Å². The Morgan fingerprint density at radius 3 is 2.19 bits per heavy atom. The number of nitrogens with zero attached hydrogens (tertiary/aromatic N) is 2. The van der Waals surface area contributed by atoms with Crippen molar-refractivity contribution in [3.8, 4) is 5.75 Å². The van der Waals surface area contributed by atoms with E-state index in [-0.39, 0.29) is 16.5 Å². The lowest BCUT2D eigenvalue weighted by Gasteiger charge is -2.36. The first kappa shape index (κ1) is 21.7. The first-order valence-corrected chi connectivity index (χ1v) is 11.8. The second-order valence-electron chi connectivity index (χ2n) is 7.42. The topological polar surface area (TPSA) is 79.0 Å². The maximum atomic E-state index is 13.3. The van der Waals surface area contributed by atoms with Crippen LogP contribution in [-0.2, 0) is 10.0 Å². The lowest BCUT2D eigenvalue weighted by atomic mass is 10.1. The van der Waals surface area contributed by atoms with Gasteiger partial charge in [-0.25, -0.2) is 8.42 Å². The number of piperazine rings is 1. The summed E-state index contributed by atoms with van der Waals surface area (Å²) < 4.78 is 33.5. The second-order valence-corrected chi connectivity index (χ2v) is 9.10. The molecule has 0 aliphatic carbocycles. The molecule has 0 bridgehead atoms. The quantitative estimate of drug-likeness (QED) is 0.621. The van der Waals surface area contributed by atoms with Gasteiger partial charge in [0.15, 0.2) is 0 Å². The Hall–Kier alpha value is -3.52. The zero-order valence-electron chi connectivity index (χ0n) is 17.8. The van der Waals surface area contributed by atoms with E-state index in [1.165, 1.54) is 12.1 Å². The summed E-state index contributed by atoms with van der Waals surface area (Å²) in [5.74, 6) is 0.601. The summed E-state index contributed by atoms with van der Waals surface area (Å²) in [6.45, 7) is 2.36. The van der Waals surface area contributed by atoms with Crippen LogP contribution in [0, 0.1) is 0 Å². The number of hydrogen-bond donors (Lipinski definition) is 1. The molecule has 0 aromatic heterocycles. The minimum absolute atomic E-state index is 0.146. The fraction of sp³-hybridized carbons (Fsp3) is 0.208. The lowest BCUT2D eigenvalue weighted by molar-refractivity contribution is 0.0747. The summed E-state index contributed by atoms with van der Waals surface area (Å²) in [6.07, 6.45) is 0. The number of para-hydroxylation sites is 3. The van der Waals surface area contributed by atoms with Crippen LogP contribution >= 0.6 is 0 Å². The smallest absolute Gasteiger partial charge is 0.261 e. The van der Waals surface area contributed by atoms with Crippen molar-refractivity contribution in [2.24, 2.45) is 0 Å². The zero-order valence-corrected chi connectivity index (χ0v) is 18.6. The van der Waals surface area contributed by atoms with Crippen molar-refractivity contribution in [1.82, 2.24) is 4.90 Å². The van der Waals surface area contributed by atoms with Gasteiger partial charge in [0.25, 0.3) is 15.9 Å². The molecular weight excluding hydrogens is 426 g/mol. The average molecular weight is 452 g/mol. The highest BCUT2D eigenvalue weighted by Crippen LogP contribution is 2.29. The number of carbonyl (C=O) groups excluding carboxylic acids is 1. The molecule has 3 aromatic rings. The molecule has 1 amide bonds. The molecule has 3 aromatic carbocycles. The minimum atomic E-state index is -3.80. The van der Waals surface area contributed by atoms with Gasteiger partial charge in [-0.05, 0) is 36.4 Å². The summed E-state index contributed by atoms with van der Waals surface area (Å²) in [5, 5.41) is 0. The number of rotatable bonds is 6. The van der Waals surface area contributed by atoms with E-state index in [1.807, 2.05) is 24.3 Å². The first-order chi connectivity index (χ1) is 15.5. The van der Waals surface area contributed by atoms with Crippen LogP contribution in [-0.4, -0.2) is 52.5 Å². The van der Waals surface area contributed by atoms with Crippen molar-refractivity contribution in [3.63, 3.8) is 0 Å². The Kier molecular flexibility index (Phi) is 6.32. The van der Waals surface area contributed by atoms with Gasteiger partial charge in [-0.15, -0.1) is 0 Å². The summed E-state index contributed by atoms with van der Waals surface area (Å²) in [4.78, 5) is 17.3. The molecule has 1 saturated heterocycles. The Labute approximate surface area is 188 Å². The van der Waals surface area contributed by atoms with E-state index in [9.17, 15) is 13.2 Å². The van der Waals surface area contributed by atoms with E-state index in [0.717, 1.165) is 11.4 Å². The van der Waals surface area contributed by atoms with Gasteiger partial charge in [-0.1, -0.05) is 42.5 Å². The summed E-state index contributed by atoms with van der Waals surface area (Å²) in [5.41, 5.74) is 1.60. The molecule has 0 radical (unpaired) electrons. The number of hydrogen-bond acceptors (Lipinski definition) is 5. The maximum Gasteiger partial charge on any atom is 0.261 e. The fourth-order valence-electron chi connectivity index (χ4n) is 3.77. The predicted octanol–water partition coefficient (Wildman–Crippen LogP) is 3.46. The van der Waals surface area contributed by atoms with E-state index < -0.39 is 10.0 Å². The monoisotopic (exact) mass is 451 g/mol. The Morgan fingerprint density at radius 2 is 1.47 bits per heavy atom. The third-order valence-corrected chi connectivity index (χ3v) is 6.83. The molecule has 32 heavy (non-hydrogen) atoms. The van der Waals surface area contributed by atoms with Crippen LogP contribution in [0.3, 0.4) is 0 Å². The largest absolute Gasteiger partial charge is 0.495 e. The molecule has 7 nitrogen and oxygen atoms in total. The Bertz CT molecular complexity index is 1190. The van der Waals surface area contributed by atoms with E-state index in [4.69, 9.17) is 4.74 Å². The summed E-state index contributed by atoms with van der Waals surface area (Å²) in [7, 11) is -2.15. The van der Waals surface area contributed by atoms with Crippen molar-refractivity contribution in [2.75, 3.05) is 42.9 Å². The van der Waals surface area contributed by atoms with Crippen LogP contribution in [0.15, 0.2) is 83.8 Å². The van der Waals surface area contributed by atoms with Gasteiger partial charge in [0, 0.05) is 26.2 Å². The lowest BCUT2D eigenvalue weighted by Crippen LogP contribution is -2.49. The van der Waals surface area contributed by atoms with Gasteiger partial charge >= 0.3 is 0 Å². The molecule has 8 heteroatoms. The van der Waals surface area contributed by atoms with E-state index in [2.05, 4.69) is 9.62 Å². The van der Waals surface area contributed by atoms with Crippen molar-refractivity contribution in [1.29, 1.82) is 0 Å². The number of nitrogens with one attached hydrogen (secondary N) is 1. The van der Waals surface area contributed by atoms with Gasteiger partial charge in [-0.2, -0.15) is 0 Å². The first-order valence-electron chi connectivity index (χ1n) is 10.3. The van der Waals surface area contributed by atoms with Crippen LogP contribution in [0.2, 0.25) is 0 Å². The Morgan fingerprint density at radius 1 is 0.844 bits per heavy atom. The van der Waals surface area contributed by atoms with Crippen molar-refractivity contribution in [2.45, 2.75) is 4.90 Å². The molecule has 1 aliphatic rings. The van der Waals surface area contributed by atoms with Crippen LogP contribution in [0.1, 0.15) is 10.4 Å². The number of sulfonamides is 1. The fourth-order valence-corrected chi connectivity index (χ4v) is 4.87. The van der Waals surface area contributed by atoms with Crippen LogP contribution in [0.5, 0.6) is 5.75 Å². The molecule has 1 fully saturated rings. The van der Waals surface area contributed by atoms with Gasteiger partial charge in [0.1, 0.15) is 5.75 Å². The maximum absolute atomic E-state index is 13.3. The molecule has 1 aliphatic heterocycles. The number of methoxy groups -OCH3 is 1. The molecule has 0 saturated carbocycles. The van der Waals surface area contributed by atoms with Gasteiger partial charge in [0.05, 0.1) is 28.9 Å². The molecule has 4 rings (SSSR count). The van der Waals surface area contributed by atoms with Gasteiger partial charge in [0.2, 0.25) is 0 Å². The highest BCUT2D eigenvalue weighted by Gasteiger charge is 2.26. The number of benzene rings is 3. The standard InChI is InChI=1S/C24H25N3O4S/c1-31-23-14-8-7-13-22(23)26-15-17-27(18-16-26)24(28)20-11-5-6-12-21(20)25-32(29,30)19-9-3-2-4-10-19/h2-14,25H,15-18H2,1H3. The summed E-state index contributed by atoms with van der Waals surface area (Å²) in [6, 6.07) is 22.6. The van der Waals surface area contributed by atoms with Crippen LogP contribution in [0.4, 0.5) is 11.4 Å². The third kappa shape index (κ3) is 4.55. The minimum Gasteiger partial charge on any atom is -0.495 e. The normalized spacial score (nSPS) is 14.2. The molecular formula is C24H25N3O4S. The number of anilines is 2. The van der Waals surface area contributed by atoms with Crippen LogP contribution in [0.25, 0.3) is 0 Å². The summed E-state index contributed by atoms with van der Waals surface area (Å²) >= 11 is 0. The highest BCUT2D eigenvalue weighted by atomic mass is 32.2. The van der Waals surface area contributed by atoms with Crippen molar-refractivity contribution < 1.29 is 17.9 Å². The van der Waals surface area contributed by atoms with Crippen LogP contribution < -0.4 is 14.4 Å². The van der Waals surface area contributed by atoms with Gasteiger partial charge < -0.3 is 14.5 Å². The number of carbonyl (C=O) groups is 1. The molecule has 0 unspecified atom stereocenters. The SMILES string of the molecule is COc1ccccc1N1CCN(C(=O)c2ccccc2NS(=O)(=O)c2ccccc2)CC1. The average Bonchev–Trinajstić information content (AvgIpc) is 2.84. The molecule has 0 atom stereocenters. The van der Waals surface area contributed by atoms with Crippen molar-refractivity contribution in [3.05, 3.63) is 84.4 Å². The number of amides is 1. The molecule has 166 valence electrons. The van der Waals surface area contributed by atoms with E-state index in [1.54, 1.807) is 54.5 Å². The molecule has 0 spiro atoms. The third-order valence-electron chi connectivity index (χ3n) is 5.45.